The molecule has 1 aromatic rings. The Morgan fingerprint density at radius 1 is 1.44 bits per heavy atom. The molecule has 1 atom stereocenters. The summed E-state index contributed by atoms with van der Waals surface area (Å²) in [5, 5.41) is 0. The zero-order valence-electron chi connectivity index (χ0n) is 11.1. The predicted molar refractivity (Wildman–Crippen MR) is 67.1 cm³/mol. The molecule has 0 radical (unpaired) electrons. The fourth-order valence-corrected chi connectivity index (χ4v) is 2.44. The van der Waals surface area contributed by atoms with Gasteiger partial charge in [0.2, 0.25) is 5.91 Å². The van der Waals surface area contributed by atoms with Gasteiger partial charge in [0.1, 0.15) is 6.61 Å². The highest BCUT2D eigenvalue weighted by atomic mass is 16.5. The van der Waals surface area contributed by atoms with Gasteiger partial charge in [0.05, 0.1) is 6.04 Å². The van der Waals surface area contributed by atoms with Gasteiger partial charge in [-0.1, -0.05) is 0 Å². The summed E-state index contributed by atoms with van der Waals surface area (Å²) in [4.78, 5) is 22.7. The molecule has 0 bridgehead atoms. The van der Waals surface area contributed by atoms with Gasteiger partial charge in [-0.25, -0.2) is 9.97 Å². The van der Waals surface area contributed by atoms with Crippen LogP contribution in [0.3, 0.4) is 0 Å². The zero-order valence-corrected chi connectivity index (χ0v) is 11.1. The van der Waals surface area contributed by atoms with E-state index in [1.54, 1.807) is 0 Å². The standard InChI is InChI=1S/C13H19N3O2/c1-9-7-10(2)15-13(14-9)11-5-4-6-16(11)12(17)8-18-3/h7,11H,4-6,8H2,1-3H3. The Morgan fingerprint density at radius 3 is 2.72 bits per heavy atom. The number of carbonyl (C=O) groups excluding carboxylic acids is 1. The van der Waals surface area contributed by atoms with Gasteiger partial charge in [-0.2, -0.15) is 0 Å². The Kier molecular flexibility index (Phi) is 3.91. The molecule has 1 fully saturated rings. The third-order valence-electron chi connectivity index (χ3n) is 3.14. The summed E-state index contributed by atoms with van der Waals surface area (Å²) in [6, 6.07) is 1.95. The van der Waals surface area contributed by atoms with Crippen LogP contribution >= 0.6 is 0 Å². The molecular formula is C13H19N3O2. The quantitative estimate of drug-likeness (QED) is 0.812. The maximum Gasteiger partial charge on any atom is 0.249 e. The second kappa shape index (κ2) is 5.44. The van der Waals surface area contributed by atoms with Crippen LogP contribution in [0, 0.1) is 13.8 Å². The number of amides is 1. The number of hydrogen-bond acceptors (Lipinski definition) is 4. The van der Waals surface area contributed by atoms with E-state index < -0.39 is 0 Å². The molecule has 1 unspecified atom stereocenters. The summed E-state index contributed by atoms with van der Waals surface area (Å²) < 4.78 is 4.92. The van der Waals surface area contributed by atoms with Gasteiger partial charge in [0.15, 0.2) is 5.82 Å². The maximum absolute atomic E-state index is 11.9. The van der Waals surface area contributed by atoms with Crippen LogP contribution in [0.4, 0.5) is 0 Å². The van der Waals surface area contributed by atoms with E-state index in [2.05, 4.69) is 9.97 Å². The van der Waals surface area contributed by atoms with Gasteiger partial charge in [0.25, 0.3) is 0 Å². The maximum atomic E-state index is 11.9. The summed E-state index contributed by atoms with van der Waals surface area (Å²) in [6.45, 7) is 4.80. The molecule has 18 heavy (non-hydrogen) atoms. The predicted octanol–water partition coefficient (Wildman–Crippen LogP) is 1.40. The minimum absolute atomic E-state index is 0.00579. The Bertz CT molecular complexity index is 428. The fraction of sp³-hybridized carbons (Fsp3) is 0.615. The fourth-order valence-electron chi connectivity index (χ4n) is 2.44. The number of carbonyl (C=O) groups is 1. The summed E-state index contributed by atoms with van der Waals surface area (Å²) in [5.41, 5.74) is 1.90. The Balaban J connectivity index is 2.23. The van der Waals surface area contributed by atoms with Crippen LogP contribution in [0.2, 0.25) is 0 Å². The minimum atomic E-state index is 0.00579. The molecule has 0 N–H and O–H groups in total. The molecule has 0 saturated carbocycles. The van der Waals surface area contributed by atoms with E-state index >= 15 is 0 Å². The second-order valence-corrected chi connectivity index (χ2v) is 4.69. The third-order valence-corrected chi connectivity index (χ3v) is 3.14. The average Bonchev–Trinajstić information content (AvgIpc) is 2.76. The lowest BCUT2D eigenvalue weighted by Crippen LogP contribution is -2.34. The van der Waals surface area contributed by atoms with Crippen molar-refractivity contribution in [2.75, 3.05) is 20.3 Å². The highest BCUT2D eigenvalue weighted by molar-refractivity contribution is 5.78. The molecule has 2 heterocycles. The summed E-state index contributed by atoms with van der Waals surface area (Å²) in [6.07, 6.45) is 1.93. The van der Waals surface area contributed by atoms with Crippen molar-refractivity contribution >= 4 is 5.91 Å². The van der Waals surface area contributed by atoms with Gasteiger partial charge in [-0.05, 0) is 32.8 Å². The van der Waals surface area contributed by atoms with Crippen molar-refractivity contribution in [2.24, 2.45) is 0 Å². The van der Waals surface area contributed by atoms with Gasteiger partial charge in [-0.3, -0.25) is 4.79 Å². The van der Waals surface area contributed by atoms with Crippen molar-refractivity contribution in [1.29, 1.82) is 0 Å². The molecular weight excluding hydrogens is 230 g/mol. The molecule has 1 aromatic heterocycles. The first kappa shape index (κ1) is 13.0. The van der Waals surface area contributed by atoms with Gasteiger partial charge >= 0.3 is 0 Å². The molecule has 0 spiro atoms. The van der Waals surface area contributed by atoms with Crippen LogP contribution in [-0.4, -0.2) is 41.0 Å². The lowest BCUT2D eigenvalue weighted by atomic mass is 10.2. The first-order valence-corrected chi connectivity index (χ1v) is 6.22. The first-order valence-electron chi connectivity index (χ1n) is 6.22. The average molecular weight is 249 g/mol. The van der Waals surface area contributed by atoms with E-state index in [0.29, 0.717) is 0 Å². The van der Waals surface area contributed by atoms with Crippen molar-refractivity contribution in [2.45, 2.75) is 32.7 Å². The number of nitrogens with zero attached hydrogens (tertiary/aromatic N) is 3. The SMILES string of the molecule is COCC(=O)N1CCCC1c1nc(C)cc(C)n1. The molecule has 1 aliphatic rings. The number of aromatic nitrogens is 2. The Hall–Kier alpha value is -1.49. The highest BCUT2D eigenvalue weighted by Crippen LogP contribution is 2.30. The van der Waals surface area contributed by atoms with Crippen LogP contribution < -0.4 is 0 Å². The summed E-state index contributed by atoms with van der Waals surface area (Å²) in [5.74, 6) is 0.775. The number of ether oxygens (including phenoxy) is 1. The van der Waals surface area contributed by atoms with Crippen molar-refractivity contribution in [3.8, 4) is 0 Å². The topological polar surface area (TPSA) is 55.3 Å². The van der Waals surface area contributed by atoms with E-state index in [-0.39, 0.29) is 18.6 Å². The van der Waals surface area contributed by atoms with E-state index in [9.17, 15) is 4.79 Å². The molecule has 1 saturated heterocycles. The van der Waals surface area contributed by atoms with Crippen molar-refractivity contribution < 1.29 is 9.53 Å². The third kappa shape index (κ3) is 2.67. The first-order chi connectivity index (χ1) is 8.61. The molecule has 1 amide bonds. The minimum Gasteiger partial charge on any atom is -0.375 e. The Morgan fingerprint density at radius 2 is 2.11 bits per heavy atom. The number of hydrogen-bond donors (Lipinski definition) is 0. The normalized spacial score (nSPS) is 19.3. The van der Waals surface area contributed by atoms with E-state index in [0.717, 1.165) is 36.6 Å². The van der Waals surface area contributed by atoms with Crippen molar-refractivity contribution in [1.82, 2.24) is 14.9 Å². The van der Waals surface area contributed by atoms with Crippen LogP contribution in [0.1, 0.15) is 36.1 Å². The van der Waals surface area contributed by atoms with Gasteiger partial charge in [0, 0.05) is 25.0 Å². The molecule has 0 aromatic carbocycles. The molecule has 1 aliphatic heterocycles. The number of aryl methyl sites for hydroxylation is 2. The van der Waals surface area contributed by atoms with Gasteiger partial charge in [-0.15, -0.1) is 0 Å². The van der Waals surface area contributed by atoms with Crippen LogP contribution in [0.5, 0.6) is 0 Å². The molecule has 5 nitrogen and oxygen atoms in total. The monoisotopic (exact) mass is 249 g/mol. The van der Waals surface area contributed by atoms with E-state index in [1.165, 1.54) is 7.11 Å². The lowest BCUT2D eigenvalue weighted by Gasteiger charge is -2.23. The van der Waals surface area contributed by atoms with Crippen molar-refractivity contribution in [3.63, 3.8) is 0 Å². The summed E-state index contributed by atoms with van der Waals surface area (Å²) >= 11 is 0. The van der Waals surface area contributed by atoms with Crippen LogP contribution in [0.25, 0.3) is 0 Å². The summed E-state index contributed by atoms with van der Waals surface area (Å²) in [7, 11) is 1.54. The number of likely N-dealkylation sites (tertiary alicyclic amines) is 1. The van der Waals surface area contributed by atoms with Gasteiger partial charge < -0.3 is 9.64 Å². The molecule has 5 heteroatoms. The lowest BCUT2D eigenvalue weighted by molar-refractivity contribution is -0.136. The van der Waals surface area contributed by atoms with Crippen molar-refractivity contribution in [3.05, 3.63) is 23.3 Å². The number of rotatable bonds is 3. The second-order valence-electron chi connectivity index (χ2n) is 4.69. The smallest absolute Gasteiger partial charge is 0.249 e. The largest absolute Gasteiger partial charge is 0.375 e. The molecule has 2 rings (SSSR count). The Labute approximate surface area is 107 Å². The van der Waals surface area contributed by atoms with E-state index in [4.69, 9.17) is 4.74 Å². The molecule has 98 valence electrons. The van der Waals surface area contributed by atoms with E-state index in [1.807, 2.05) is 24.8 Å². The zero-order chi connectivity index (χ0) is 13.1. The van der Waals surface area contributed by atoms with Crippen LogP contribution in [0.15, 0.2) is 6.07 Å². The molecule has 0 aliphatic carbocycles. The van der Waals surface area contributed by atoms with Crippen LogP contribution in [-0.2, 0) is 9.53 Å². The number of methoxy groups -OCH3 is 1. The highest BCUT2D eigenvalue weighted by Gasteiger charge is 2.31.